The van der Waals surface area contributed by atoms with Gasteiger partial charge in [-0.1, -0.05) is 29.0 Å². The van der Waals surface area contributed by atoms with E-state index in [0.29, 0.717) is 45.0 Å². The van der Waals surface area contributed by atoms with Crippen molar-refractivity contribution in [1.29, 1.82) is 0 Å². The van der Waals surface area contributed by atoms with E-state index in [0.717, 1.165) is 5.69 Å². The molecule has 2 amide bonds. The molecule has 0 unspecified atom stereocenters. The number of nitrogens with one attached hydrogen (secondary N) is 2. The van der Waals surface area contributed by atoms with Gasteiger partial charge in [0.15, 0.2) is 5.13 Å². The molecule has 2 N–H and O–H groups in total. The molecule has 4 rings (SSSR count). The topological polar surface area (TPSA) is 83.0 Å². The zero-order valence-corrected chi connectivity index (χ0v) is 18.0. The van der Waals surface area contributed by atoms with E-state index < -0.39 is 5.82 Å². The van der Waals surface area contributed by atoms with Gasteiger partial charge in [-0.15, -0.1) is 0 Å². The first-order chi connectivity index (χ1) is 15.0. The Morgan fingerprint density at radius 2 is 2.06 bits per heavy atom. The maximum absolute atomic E-state index is 14.2. The number of hydrogen-bond donors (Lipinski definition) is 2. The van der Waals surface area contributed by atoms with Gasteiger partial charge in [-0.2, -0.15) is 0 Å². The number of fused-ring (bicyclic) bond motifs is 1. The highest BCUT2D eigenvalue weighted by Gasteiger charge is 2.14. The molecule has 0 saturated heterocycles. The van der Waals surface area contributed by atoms with Crippen LogP contribution in [0.1, 0.15) is 5.69 Å². The number of aromatic nitrogens is 3. The normalized spacial score (nSPS) is 10.8. The maximum Gasteiger partial charge on any atom is 0.321 e. The molecule has 0 aliphatic carbocycles. The quantitative estimate of drug-likeness (QED) is 0.426. The van der Waals surface area contributed by atoms with Crippen LogP contribution >= 0.6 is 22.9 Å². The summed E-state index contributed by atoms with van der Waals surface area (Å²) < 4.78 is 14.2. The predicted octanol–water partition coefficient (Wildman–Crippen LogP) is 5.01. The van der Waals surface area contributed by atoms with E-state index in [9.17, 15) is 9.18 Å². The van der Waals surface area contributed by atoms with Crippen LogP contribution in [0.5, 0.6) is 0 Å². The molecule has 4 aromatic rings. The molecule has 7 nitrogen and oxygen atoms in total. The SMILES string of the molecule is CN(c1ccc2nc(NC(=O)NCCc3ccccn3)sc2n1)c1ccc(Cl)cc1F. The van der Waals surface area contributed by atoms with Crippen LogP contribution in [0.3, 0.4) is 0 Å². The van der Waals surface area contributed by atoms with E-state index in [-0.39, 0.29) is 6.03 Å². The highest BCUT2D eigenvalue weighted by atomic mass is 35.5. The second-order valence-electron chi connectivity index (χ2n) is 6.62. The average Bonchev–Trinajstić information content (AvgIpc) is 3.15. The molecule has 0 saturated carbocycles. The molecule has 0 spiro atoms. The number of carbonyl (C=O) groups excluding carboxylic acids is 1. The Bertz CT molecular complexity index is 1220. The molecule has 10 heteroatoms. The molecule has 0 aliphatic heterocycles. The summed E-state index contributed by atoms with van der Waals surface area (Å²) in [4.78, 5) is 27.6. The van der Waals surface area contributed by atoms with Gasteiger partial charge in [-0.3, -0.25) is 10.3 Å². The minimum absolute atomic E-state index is 0.328. The Balaban J connectivity index is 1.41. The lowest BCUT2D eigenvalue weighted by Gasteiger charge is -2.18. The minimum atomic E-state index is -0.439. The summed E-state index contributed by atoms with van der Waals surface area (Å²) in [5, 5.41) is 6.26. The summed E-state index contributed by atoms with van der Waals surface area (Å²) in [5.74, 6) is 0.106. The van der Waals surface area contributed by atoms with E-state index in [1.807, 2.05) is 18.2 Å². The number of halogens is 2. The standard InChI is InChI=1S/C21H18ClFN6OS/c1-29(17-7-5-13(22)12-15(17)23)18-8-6-16-19(27-18)31-21(26-16)28-20(30)25-11-9-14-4-2-3-10-24-14/h2-8,10,12H,9,11H2,1H3,(H2,25,26,28,30). The Hall–Kier alpha value is -3.30. The first-order valence-corrected chi connectivity index (χ1v) is 10.6. The molecule has 0 radical (unpaired) electrons. The number of rotatable bonds is 6. The number of benzene rings is 1. The summed E-state index contributed by atoms with van der Waals surface area (Å²) in [7, 11) is 1.72. The molecular formula is C21H18ClFN6OS. The predicted molar refractivity (Wildman–Crippen MR) is 122 cm³/mol. The first kappa shape index (κ1) is 21.0. The van der Waals surface area contributed by atoms with Crippen molar-refractivity contribution >= 4 is 56.0 Å². The van der Waals surface area contributed by atoms with Crippen LogP contribution in [-0.4, -0.2) is 34.6 Å². The number of urea groups is 1. The van der Waals surface area contributed by atoms with Crippen molar-refractivity contribution in [3.63, 3.8) is 0 Å². The number of hydrogen-bond acceptors (Lipinski definition) is 6. The minimum Gasteiger partial charge on any atom is -0.337 e. The van der Waals surface area contributed by atoms with Crippen LogP contribution in [0.15, 0.2) is 54.7 Å². The molecule has 3 heterocycles. The summed E-state index contributed by atoms with van der Waals surface area (Å²) in [6.07, 6.45) is 2.35. The van der Waals surface area contributed by atoms with E-state index >= 15 is 0 Å². The van der Waals surface area contributed by atoms with Gasteiger partial charge in [-0.05, 0) is 42.5 Å². The Kier molecular flexibility index (Phi) is 6.24. The Morgan fingerprint density at radius 3 is 2.84 bits per heavy atom. The van der Waals surface area contributed by atoms with Crippen LogP contribution in [0.25, 0.3) is 10.3 Å². The van der Waals surface area contributed by atoms with Crippen LogP contribution in [0.4, 0.5) is 25.8 Å². The fraction of sp³-hybridized carbons (Fsp3) is 0.143. The van der Waals surface area contributed by atoms with Gasteiger partial charge < -0.3 is 10.2 Å². The van der Waals surface area contributed by atoms with Crippen molar-refractivity contribution in [2.24, 2.45) is 0 Å². The summed E-state index contributed by atoms with van der Waals surface area (Å²) >= 11 is 7.07. The molecule has 0 fully saturated rings. The summed E-state index contributed by atoms with van der Waals surface area (Å²) in [5.41, 5.74) is 1.90. The van der Waals surface area contributed by atoms with Crippen LogP contribution in [0, 0.1) is 5.82 Å². The number of carbonyl (C=O) groups is 1. The fourth-order valence-corrected chi connectivity index (χ4v) is 3.90. The van der Waals surface area contributed by atoms with Gasteiger partial charge >= 0.3 is 6.03 Å². The monoisotopic (exact) mass is 456 g/mol. The third kappa shape index (κ3) is 5.07. The molecular weight excluding hydrogens is 439 g/mol. The molecule has 31 heavy (non-hydrogen) atoms. The number of pyridine rings is 2. The summed E-state index contributed by atoms with van der Waals surface area (Å²) in [6.45, 7) is 0.452. The molecule has 0 atom stereocenters. The van der Waals surface area contributed by atoms with Gasteiger partial charge in [0.2, 0.25) is 0 Å². The number of anilines is 3. The Labute approximate surface area is 186 Å². The molecule has 3 aromatic heterocycles. The zero-order chi connectivity index (χ0) is 21.8. The van der Waals surface area contributed by atoms with Crippen molar-refractivity contribution in [1.82, 2.24) is 20.3 Å². The lowest BCUT2D eigenvalue weighted by molar-refractivity contribution is 0.252. The van der Waals surface area contributed by atoms with E-state index in [4.69, 9.17) is 11.6 Å². The van der Waals surface area contributed by atoms with Gasteiger partial charge in [0.05, 0.1) is 5.69 Å². The van der Waals surface area contributed by atoms with Crippen LogP contribution in [-0.2, 0) is 6.42 Å². The van der Waals surface area contributed by atoms with Crippen molar-refractivity contribution in [2.75, 3.05) is 23.8 Å². The first-order valence-electron chi connectivity index (χ1n) is 9.41. The van der Waals surface area contributed by atoms with Gasteiger partial charge in [-0.25, -0.2) is 19.2 Å². The molecule has 158 valence electrons. The smallest absolute Gasteiger partial charge is 0.321 e. The molecule has 1 aromatic carbocycles. The maximum atomic E-state index is 14.2. The van der Waals surface area contributed by atoms with Crippen molar-refractivity contribution in [3.05, 3.63) is 71.3 Å². The highest BCUT2D eigenvalue weighted by molar-refractivity contribution is 7.22. The second kappa shape index (κ2) is 9.23. The lowest BCUT2D eigenvalue weighted by Crippen LogP contribution is -2.30. The van der Waals surface area contributed by atoms with Crippen molar-refractivity contribution in [2.45, 2.75) is 6.42 Å². The van der Waals surface area contributed by atoms with Crippen molar-refractivity contribution < 1.29 is 9.18 Å². The van der Waals surface area contributed by atoms with E-state index in [2.05, 4.69) is 25.6 Å². The second-order valence-corrected chi connectivity index (χ2v) is 8.03. The average molecular weight is 457 g/mol. The largest absolute Gasteiger partial charge is 0.337 e. The van der Waals surface area contributed by atoms with Crippen molar-refractivity contribution in [3.8, 4) is 0 Å². The van der Waals surface area contributed by atoms with Crippen LogP contribution in [0.2, 0.25) is 5.02 Å². The van der Waals surface area contributed by atoms with Gasteiger partial charge in [0.1, 0.15) is 22.0 Å². The number of thiazole rings is 1. The fourth-order valence-electron chi connectivity index (χ4n) is 2.92. The van der Waals surface area contributed by atoms with Gasteiger partial charge in [0.25, 0.3) is 0 Å². The van der Waals surface area contributed by atoms with Crippen LogP contribution < -0.4 is 15.5 Å². The zero-order valence-electron chi connectivity index (χ0n) is 16.5. The van der Waals surface area contributed by atoms with E-state index in [1.165, 1.54) is 17.4 Å². The third-order valence-corrected chi connectivity index (χ3v) is 5.58. The number of amides is 2. The molecule has 0 aliphatic rings. The molecule has 0 bridgehead atoms. The third-order valence-electron chi connectivity index (χ3n) is 4.47. The Morgan fingerprint density at radius 1 is 1.19 bits per heavy atom. The summed E-state index contributed by atoms with van der Waals surface area (Å²) in [6, 6.07) is 13.3. The number of nitrogens with zero attached hydrogens (tertiary/aromatic N) is 4. The lowest BCUT2D eigenvalue weighted by atomic mass is 10.2. The highest BCUT2D eigenvalue weighted by Crippen LogP contribution is 2.30. The van der Waals surface area contributed by atoms with Gasteiger partial charge in [0, 0.05) is 36.9 Å². The van der Waals surface area contributed by atoms with E-state index in [1.54, 1.807) is 42.4 Å².